The Hall–Kier alpha value is -5.81. The molecule has 5 heterocycles. The van der Waals surface area contributed by atoms with Crippen LogP contribution in [0.3, 0.4) is 0 Å². The first kappa shape index (κ1) is 34.6. The minimum Gasteiger partial charge on any atom is -0.451 e. The van der Waals surface area contributed by atoms with Crippen LogP contribution in [0.1, 0.15) is 55.4 Å². The molecule has 1 spiro atoms. The fourth-order valence-electron chi connectivity index (χ4n) is 6.95. The van der Waals surface area contributed by atoms with Crippen LogP contribution in [-0.4, -0.2) is 63.0 Å². The van der Waals surface area contributed by atoms with Crippen LogP contribution >= 0.6 is 0 Å². The van der Waals surface area contributed by atoms with E-state index in [0.29, 0.717) is 28.0 Å². The summed E-state index contributed by atoms with van der Waals surface area (Å²) in [5, 5.41) is 5.47. The van der Waals surface area contributed by atoms with Crippen molar-refractivity contribution in [1.29, 1.82) is 0 Å². The molecule has 0 atom stereocenters. The van der Waals surface area contributed by atoms with E-state index in [1.807, 2.05) is 50.4 Å². The second kappa shape index (κ2) is 14.8. The van der Waals surface area contributed by atoms with E-state index in [-0.39, 0.29) is 17.4 Å². The normalized spacial score (nSPS) is 15.6. The summed E-state index contributed by atoms with van der Waals surface area (Å²) in [6.45, 7) is 6.24. The van der Waals surface area contributed by atoms with Gasteiger partial charge in [-0.25, -0.2) is 9.37 Å². The molecule has 0 aliphatic carbocycles. The Morgan fingerprint density at radius 1 is 0.904 bits per heavy atom. The smallest absolute Gasteiger partial charge is 0.291 e. The standard InChI is InChI=1S/C21H23N3O3.C20H17FN2O2/c1-15-2-7-18(20(26)23-17-5-3-16(12-25)4-6-17)19(22-15)24-13-21(14-24)8-10-27-11-9-21;1-23-11-10-13-12-18(20(24)22-16-8-4-3-7-15(16)21)25-19(13)14-6-2-5-9-17(14)23/h2-7,12H,8-11,13-14H2,1H3,(H,23,26);2-9,12H,10-11H2,1H3,(H,22,24). The first-order valence-corrected chi connectivity index (χ1v) is 17.4. The van der Waals surface area contributed by atoms with Crippen molar-refractivity contribution in [3.05, 3.63) is 125 Å². The molecule has 2 saturated heterocycles. The highest BCUT2D eigenvalue weighted by atomic mass is 19.1. The Labute approximate surface area is 301 Å². The number of aryl methyl sites for hydroxylation is 1. The summed E-state index contributed by atoms with van der Waals surface area (Å²) in [4.78, 5) is 45.1. The molecule has 0 unspecified atom stereocenters. The SMILES string of the molecule is CN1CCc2cc(C(=O)Nc3ccccc3F)oc2-c2ccccc21.Cc1ccc(C(=O)Nc2ccc(C=O)cc2)c(N2CC3(CCOCC3)C2)n1. The molecule has 2 aromatic heterocycles. The maximum atomic E-state index is 13.7. The fourth-order valence-corrected chi connectivity index (χ4v) is 6.95. The molecule has 52 heavy (non-hydrogen) atoms. The van der Waals surface area contributed by atoms with Gasteiger partial charge in [-0.15, -0.1) is 0 Å². The molecule has 3 aliphatic heterocycles. The lowest BCUT2D eigenvalue weighted by molar-refractivity contribution is -0.000519. The van der Waals surface area contributed by atoms with Gasteiger partial charge in [-0.05, 0) is 92.9 Å². The van der Waals surface area contributed by atoms with Gasteiger partial charge >= 0.3 is 0 Å². The molecule has 0 radical (unpaired) electrons. The maximum Gasteiger partial charge on any atom is 0.291 e. The van der Waals surface area contributed by atoms with E-state index in [9.17, 15) is 18.8 Å². The number of carbonyl (C=O) groups is 3. The van der Waals surface area contributed by atoms with Crippen LogP contribution in [0.4, 0.5) is 27.3 Å². The highest BCUT2D eigenvalue weighted by Crippen LogP contribution is 2.42. The van der Waals surface area contributed by atoms with Gasteiger partial charge in [0.15, 0.2) is 5.76 Å². The minimum atomic E-state index is -0.476. The lowest BCUT2D eigenvalue weighted by atomic mass is 9.73. The summed E-state index contributed by atoms with van der Waals surface area (Å²) in [5.41, 5.74) is 6.15. The monoisotopic (exact) mass is 701 g/mol. The van der Waals surface area contributed by atoms with Crippen LogP contribution in [-0.2, 0) is 11.2 Å². The van der Waals surface area contributed by atoms with Crippen molar-refractivity contribution < 1.29 is 27.9 Å². The highest BCUT2D eigenvalue weighted by Gasteiger charge is 2.45. The largest absolute Gasteiger partial charge is 0.451 e. The number of rotatable bonds is 6. The number of carbonyl (C=O) groups excluding carboxylic acids is 3. The molecule has 266 valence electrons. The number of benzene rings is 3. The quantitative estimate of drug-likeness (QED) is 0.176. The van der Waals surface area contributed by atoms with Gasteiger partial charge in [-0.3, -0.25) is 14.4 Å². The molecular formula is C41H40FN5O5. The Morgan fingerprint density at radius 3 is 2.38 bits per heavy atom. The molecule has 2 N–H and O–H groups in total. The average molecular weight is 702 g/mol. The van der Waals surface area contributed by atoms with Crippen molar-refractivity contribution in [2.24, 2.45) is 5.41 Å². The number of para-hydroxylation sites is 2. The van der Waals surface area contributed by atoms with E-state index in [4.69, 9.17) is 9.15 Å². The Kier molecular flexibility index (Phi) is 9.86. The predicted octanol–water partition coefficient (Wildman–Crippen LogP) is 7.40. The number of furan rings is 1. The summed E-state index contributed by atoms with van der Waals surface area (Å²) in [7, 11) is 2.04. The molecule has 8 rings (SSSR count). The van der Waals surface area contributed by atoms with Crippen molar-refractivity contribution in [1.82, 2.24) is 4.98 Å². The lowest BCUT2D eigenvalue weighted by Crippen LogP contribution is -2.59. The van der Waals surface area contributed by atoms with E-state index in [1.54, 1.807) is 42.5 Å². The minimum absolute atomic E-state index is 0.138. The Balaban J connectivity index is 0.000000162. The second-order valence-electron chi connectivity index (χ2n) is 13.6. The first-order valence-electron chi connectivity index (χ1n) is 17.4. The molecule has 5 aromatic rings. The number of pyridine rings is 1. The predicted molar refractivity (Wildman–Crippen MR) is 199 cm³/mol. The number of ether oxygens (including phenoxy) is 1. The van der Waals surface area contributed by atoms with Crippen LogP contribution < -0.4 is 20.4 Å². The number of nitrogens with one attached hydrogen (secondary N) is 2. The van der Waals surface area contributed by atoms with Gasteiger partial charge in [0.05, 0.1) is 11.3 Å². The third-order valence-corrected chi connectivity index (χ3v) is 9.90. The summed E-state index contributed by atoms with van der Waals surface area (Å²) < 4.78 is 25.1. The number of anilines is 4. The molecule has 11 heteroatoms. The van der Waals surface area contributed by atoms with Gasteiger partial charge in [-0.1, -0.05) is 24.3 Å². The number of fused-ring (bicyclic) bond motifs is 3. The van der Waals surface area contributed by atoms with E-state index in [1.165, 1.54) is 12.1 Å². The fraction of sp³-hybridized carbons (Fsp3) is 0.268. The molecule has 3 aromatic carbocycles. The molecule has 0 bridgehead atoms. The zero-order valence-corrected chi connectivity index (χ0v) is 29.2. The van der Waals surface area contributed by atoms with Crippen LogP contribution in [0, 0.1) is 18.2 Å². The number of amides is 2. The number of aldehydes is 1. The number of nitrogens with zero attached hydrogens (tertiary/aromatic N) is 3. The van der Waals surface area contributed by atoms with Gasteiger partial charge in [0.2, 0.25) is 0 Å². The third kappa shape index (κ3) is 7.31. The Bertz CT molecular complexity index is 2100. The van der Waals surface area contributed by atoms with Crippen molar-refractivity contribution in [3.8, 4) is 11.3 Å². The molecular weight excluding hydrogens is 661 g/mol. The second-order valence-corrected chi connectivity index (χ2v) is 13.6. The van der Waals surface area contributed by atoms with Gasteiger partial charge in [0.1, 0.15) is 23.7 Å². The third-order valence-electron chi connectivity index (χ3n) is 9.90. The van der Waals surface area contributed by atoms with Crippen molar-refractivity contribution >= 4 is 41.0 Å². The number of likely N-dealkylation sites (N-methyl/N-ethyl adjacent to an activating group) is 1. The first-order chi connectivity index (χ1) is 25.2. The van der Waals surface area contributed by atoms with Gasteiger partial charge < -0.3 is 29.6 Å². The molecule has 2 amide bonds. The van der Waals surface area contributed by atoms with Crippen LogP contribution in [0.25, 0.3) is 11.3 Å². The van der Waals surface area contributed by atoms with E-state index >= 15 is 0 Å². The summed E-state index contributed by atoms with van der Waals surface area (Å²) >= 11 is 0. The van der Waals surface area contributed by atoms with E-state index in [0.717, 1.165) is 86.7 Å². The van der Waals surface area contributed by atoms with Crippen molar-refractivity contribution in [2.45, 2.75) is 26.2 Å². The molecule has 3 aliphatic rings. The van der Waals surface area contributed by atoms with Gasteiger partial charge in [0, 0.05) is 79.1 Å². The topological polar surface area (TPSA) is 117 Å². The summed E-state index contributed by atoms with van der Waals surface area (Å²) in [5.74, 6) is 0.518. The summed E-state index contributed by atoms with van der Waals surface area (Å²) in [6.07, 6.45) is 3.69. The zero-order valence-electron chi connectivity index (χ0n) is 29.2. The summed E-state index contributed by atoms with van der Waals surface area (Å²) in [6, 6.07) is 26.3. The number of halogens is 1. The van der Waals surface area contributed by atoms with E-state index < -0.39 is 11.7 Å². The molecule has 0 saturated carbocycles. The number of hydrogen-bond acceptors (Lipinski definition) is 8. The molecule has 10 nitrogen and oxygen atoms in total. The average Bonchev–Trinajstić information content (AvgIpc) is 3.54. The zero-order chi connectivity index (χ0) is 36.2. The van der Waals surface area contributed by atoms with Crippen molar-refractivity contribution in [3.63, 3.8) is 0 Å². The van der Waals surface area contributed by atoms with Crippen molar-refractivity contribution in [2.75, 3.05) is 60.3 Å². The maximum absolute atomic E-state index is 13.7. The lowest BCUT2D eigenvalue weighted by Gasteiger charge is -2.53. The number of aromatic nitrogens is 1. The van der Waals surface area contributed by atoms with Crippen LogP contribution in [0.2, 0.25) is 0 Å². The highest BCUT2D eigenvalue weighted by molar-refractivity contribution is 6.08. The van der Waals surface area contributed by atoms with E-state index in [2.05, 4.69) is 25.4 Å². The van der Waals surface area contributed by atoms with Crippen LogP contribution in [0.5, 0.6) is 0 Å². The Morgan fingerprint density at radius 2 is 1.63 bits per heavy atom. The molecule has 2 fully saturated rings. The van der Waals surface area contributed by atoms with Gasteiger partial charge in [0.25, 0.3) is 11.8 Å². The van der Waals surface area contributed by atoms with Crippen LogP contribution in [0.15, 0.2) is 95.4 Å². The van der Waals surface area contributed by atoms with Gasteiger partial charge in [-0.2, -0.15) is 0 Å². The number of hydrogen-bond donors (Lipinski definition) is 2.